The lowest BCUT2D eigenvalue weighted by Gasteiger charge is -2.13. The number of rotatable bonds is 9. The molecule has 3 aromatic rings. The first kappa shape index (κ1) is 26.0. The molecule has 0 amide bonds. The van der Waals surface area contributed by atoms with Gasteiger partial charge in [0, 0.05) is 30.1 Å². The van der Waals surface area contributed by atoms with Crippen LogP contribution in [0.2, 0.25) is 0 Å². The maximum absolute atomic E-state index is 13.2. The molecule has 1 fully saturated rings. The zero-order chi connectivity index (χ0) is 26.1. The third-order valence-electron chi connectivity index (χ3n) is 6.01. The van der Waals surface area contributed by atoms with Crippen molar-refractivity contribution < 1.29 is 40.1 Å². The first-order chi connectivity index (χ1) is 16.9. The molecule has 3 N–H and O–H groups in total. The monoisotopic (exact) mass is 528 g/mol. The molecule has 4 rings (SSSR count). The van der Waals surface area contributed by atoms with Crippen molar-refractivity contribution >= 4 is 16.1 Å². The van der Waals surface area contributed by atoms with E-state index in [2.05, 4.69) is 14.2 Å². The van der Waals surface area contributed by atoms with Crippen LogP contribution < -0.4 is 5.14 Å². The van der Waals surface area contributed by atoms with E-state index in [4.69, 9.17) is 9.56 Å². The van der Waals surface area contributed by atoms with Gasteiger partial charge in [-0.25, -0.2) is 15.1 Å². The number of aliphatic hydroxyl groups excluding tert-OH is 1. The highest BCUT2D eigenvalue weighted by atomic mass is 32.2. The largest absolute Gasteiger partial charge is 0.455 e. The van der Waals surface area contributed by atoms with Crippen LogP contribution >= 0.6 is 0 Å². The van der Waals surface area contributed by atoms with E-state index in [0.717, 1.165) is 6.07 Å². The number of hydrogen-bond acceptors (Lipinski definition) is 8. The molecule has 0 aliphatic heterocycles. The summed E-state index contributed by atoms with van der Waals surface area (Å²) in [6.07, 6.45) is 1.54. The highest BCUT2D eigenvalue weighted by molar-refractivity contribution is 7.84. The van der Waals surface area contributed by atoms with Gasteiger partial charge in [-0.15, -0.1) is 0 Å². The smallest absolute Gasteiger partial charge is 0.449 e. The predicted octanol–water partition coefficient (Wildman–Crippen LogP) is 2.32. The van der Waals surface area contributed by atoms with Crippen LogP contribution in [0.1, 0.15) is 46.0 Å². The summed E-state index contributed by atoms with van der Waals surface area (Å²) in [5.74, 6) is -1.89. The fourth-order valence-electron chi connectivity index (χ4n) is 4.35. The zero-order valence-corrected chi connectivity index (χ0v) is 19.6. The first-order valence-electron chi connectivity index (χ1n) is 10.9. The Labute approximate surface area is 204 Å². The summed E-state index contributed by atoms with van der Waals surface area (Å²) in [7, 11) is -4.12. The number of aliphatic hydroxyl groups is 1. The minimum Gasteiger partial charge on any atom is -0.455 e. The number of carbonyl (C=O) groups is 1. The molecule has 0 bridgehead atoms. The fraction of sp³-hybridized carbons (Fsp3) is 0.409. The van der Waals surface area contributed by atoms with Crippen molar-refractivity contribution in [3.8, 4) is 0 Å². The molecule has 10 nitrogen and oxygen atoms in total. The van der Waals surface area contributed by atoms with Gasteiger partial charge < -0.3 is 14.1 Å². The molecule has 36 heavy (non-hydrogen) atoms. The number of halogens is 3. The van der Waals surface area contributed by atoms with E-state index in [1.807, 2.05) is 0 Å². The lowest BCUT2D eigenvalue weighted by molar-refractivity contribution is -0.153. The molecule has 1 saturated carbocycles. The van der Waals surface area contributed by atoms with Gasteiger partial charge in [0.05, 0.1) is 30.5 Å². The van der Waals surface area contributed by atoms with Crippen LogP contribution in [0.3, 0.4) is 0 Å². The second-order valence-electron chi connectivity index (χ2n) is 8.69. The molecule has 0 spiro atoms. The molecule has 1 aliphatic rings. The minimum atomic E-state index is -4.58. The van der Waals surface area contributed by atoms with Crippen LogP contribution in [0.15, 0.2) is 47.5 Å². The molecule has 0 aromatic carbocycles. The summed E-state index contributed by atoms with van der Waals surface area (Å²) in [5, 5.41) is 15.1. The summed E-state index contributed by atoms with van der Waals surface area (Å²) in [5.41, 5.74) is 1.01. The van der Waals surface area contributed by atoms with Gasteiger partial charge >= 0.3 is 16.5 Å². The predicted molar refractivity (Wildman–Crippen MR) is 118 cm³/mol. The topological polar surface area (TPSA) is 151 Å². The Morgan fingerprint density at radius 2 is 2.06 bits per heavy atom. The fourth-order valence-corrected chi connectivity index (χ4v) is 4.71. The van der Waals surface area contributed by atoms with Crippen molar-refractivity contribution in [3.63, 3.8) is 0 Å². The van der Waals surface area contributed by atoms with E-state index in [1.165, 1.54) is 35.4 Å². The average Bonchev–Trinajstić information content (AvgIpc) is 3.52. The van der Waals surface area contributed by atoms with Crippen molar-refractivity contribution in [1.29, 1.82) is 0 Å². The van der Waals surface area contributed by atoms with E-state index in [9.17, 15) is 31.5 Å². The van der Waals surface area contributed by atoms with Crippen molar-refractivity contribution in [2.24, 2.45) is 17.0 Å². The standard InChI is InChI=1S/C22H23F3N4O6S/c23-22(24,25)20-2-1-16(35-20)10-29-4-3-14(9-29)21(31)17-8-27-12-28-18(17)6-13-5-15(19(30)7-13)11-34-36(26,32)33/h1-4,8-9,12-13,15,19,30H,5-7,10-11H2,(H2,26,32,33)/t13-,15+,19-/m0/s1. The Morgan fingerprint density at radius 1 is 1.28 bits per heavy atom. The first-order valence-corrected chi connectivity index (χ1v) is 12.4. The second kappa shape index (κ2) is 10.1. The minimum absolute atomic E-state index is 0.00342. The Bertz CT molecular complexity index is 1340. The zero-order valence-electron chi connectivity index (χ0n) is 18.8. The Balaban J connectivity index is 1.43. The van der Waals surface area contributed by atoms with E-state index in [-0.39, 0.29) is 36.2 Å². The molecule has 194 valence electrons. The molecular weight excluding hydrogens is 505 g/mol. The molecule has 3 aromatic heterocycles. The van der Waals surface area contributed by atoms with Gasteiger partial charge in [-0.05, 0) is 43.4 Å². The summed E-state index contributed by atoms with van der Waals surface area (Å²) in [6.45, 7) is -0.233. The maximum atomic E-state index is 13.2. The van der Waals surface area contributed by atoms with Gasteiger partial charge in [0.25, 0.3) is 0 Å². The average molecular weight is 529 g/mol. The van der Waals surface area contributed by atoms with Crippen molar-refractivity contribution in [2.75, 3.05) is 6.61 Å². The molecule has 0 radical (unpaired) electrons. The molecule has 3 atom stereocenters. The maximum Gasteiger partial charge on any atom is 0.449 e. The normalized spacial score (nSPS) is 20.6. The van der Waals surface area contributed by atoms with Crippen LogP contribution in [0.25, 0.3) is 0 Å². The SMILES string of the molecule is NS(=O)(=O)OC[C@H]1C[C@@H](Cc2ncncc2C(=O)c2ccn(Cc3ccc(C(F)(F)F)o3)c2)C[C@@H]1O. The molecule has 3 heterocycles. The van der Waals surface area contributed by atoms with Crippen LogP contribution in [0, 0.1) is 11.8 Å². The van der Waals surface area contributed by atoms with Crippen molar-refractivity contribution in [2.45, 2.75) is 38.1 Å². The number of ketones is 1. The van der Waals surface area contributed by atoms with Crippen LogP contribution in [-0.4, -0.2) is 46.6 Å². The Hall–Kier alpha value is -3.07. The Kier molecular flexibility index (Phi) is 7.31. The molecule has 0 saturated heterocycles. The Morgan fingerprint density at radius 3 is 2.75 bits per heavy atom. The summed E-state index contributed by atoms with van der Waals surface area (Å²) < 4.78 is 71.3. The number of nitrogens with two attached hydrogens (primary N) is 1. The van der Waals surface area contributed by atoms with Gasteiger partial charge in [-0.1, -0.05) is 0 Å². The van der Waals surface area contributed by atoms with Crippen LogP contribution in [0.4, 0.5) is 13.2 Å². The highest BCUT2D eigenvalue weighted by Crippen LogP contribution is 2.34. The number of furan rings is 1. The van der Waals surface area contributed by atoms with Gasteiger partial charge in [0.2, 0.25) is 5.76 Å². The molecule has 14 heteroatoms. The number of hydrogen-bond donors (Lipinski definition) is 2. The van der Waals surface area contributed by atoms with E-state index in [1.54, 1.807) is 6.20 Å². The quantitative estimate of drug-likeness (QED) is 0.402. The third-order valence-corrected chi connectivity index (χ3v) is 6.48. The molecule has 0 unspecified atom stereocenters. The summed E-state index contributed by atoms with van der Waals surface area (Å²) >= 11 is 0. The van der Waals surface area contributed by atoms with Crippen molar-refractivity contribution in [1.82, 2.24) is 14.5 Å². The molecule has 1 aliphatic carbocycles. The summed E-state index contributed by atoms with van der Waals surface area (Å²) in [4.78, 5) is 21.3. The van der Waals surface area contributed by atoms with Crippen LogP contribution in [0.5, 0.6) is 0 Å². The van der Waals surface area contributed by atoms with E-state index >= 15 is 0 Å². The number of aromatic nitrogens is 3. The van der Waals surface area contributed by atoms with E-state index in [0.29, 0.717) is 30.5 Å². The number of carbonyl (C=O) groups excluding carboxylic acids is 1. The second-order valence-corrected chi connectivity index (χ2v) is 9.92. The number of nitrogens with zero attached hydrogens (tertiary/aromatic N) is 3. The van der Waals surface area contributed by atoms with Gasteiger partial charge in [-0.2, -0.15) is 21.6 Å². The van der Waals surface area contributed by atoms with Crippen molar-refractivity contribution in [3.05, 3.63) is 71.5 Å². The third kappa shape index (κ3) is 6.37. The van der Waals surface area contributed by atoms with Gasteiger partial charge in [0.1, 0.15) is 12.1 Å². The van der Waals surface area contributed by atoms with Gasteiger partial charge in [0.15, 0.2) is 5.78 Å². The lowest BCUT2D eigenvalue weighted by atomic mass is 9.95. The molecular formula is C22H23F3N4O6S. The lowest BCUT2D eigenvalue weighted by Crippen LogP contribution is -2.24. The van der Waals surface area contributed by atoms with Gasteiger partial charge in [-0.3, -0.25) is 8.98 Å². The highest BCUT2D eigenvalue weighted by Gasteiger charge is 2.36. The summed E-state index contributed by atoms with van der Waals surface area (Å²) in [6, 6.07) is 3.61. The van der Waals surface area contributed by atoms with E-state index < -0.39 is 34.3 Å². The number of alkyl halides is 3. The van der Waals surface area contributed by atoms with Crippen LogP contribution in [-0.2, 0) is 33.6 Å².